The average molecular weight is 761 g/mol. The third-order valence-corrected chi connectivity index (χ3v) is 13.2. The first-order valence-electron chi connectivity index (χ1n) is 18.9. The standard InChI is InChI=1S/C40H44ClF3N8O2/c1-20(2)51-19-46-28-13-26(47-35(33(28)51)48-27-12-25(30(41)32(44)31(27)43)36(53)49-40(18-42)7-8-40)22-11-29-34(45-16-22)38(3,4)37(54)52(29)24-14-39(5,15-24)50-9-6-21-10-23(21)17-50/h11-13,16,19-21,23-24H,6-10,14-15,17-18H2,1-5H3,(H,47,48)(H,49,53). The maximum Gasteiger partial charge on any atom is 0.253 e. The lowest BCUT2D eigenvalue weighted by molar-refractivity contribution is -0.124. The van der Waals surface area contributed by atoms with Gasteiger partial charge in [0, 0.05) is 35.9 Å². The summed E-state index contributed by atoms with van der Waals surface area (Å²) in [4.78, 5) is 46.2. The fourth-order valence-electron chi connectivity index (χ4n) is 9.03. The van der Waals surface area contributed by atoms with Gasteiger partial charge in [-0.15, -0.1) is 0 Å². The minimum Gasteiger partial charge on any atom is -0.344 e. The average Bonchev–Trinajstić information content (AvgIpc) is 4.04. The number of nitrogens with one attached hydrogen (secondary N) is 2. The summed E-state index contributed by atoms with van der Waals surface area (Å²) in [6, 6.07) is 4.84. The number of imidazole rings is 1. The van der Waals surface area contributed by atoms with E-state index in [4.69, 9.17) is 21.6 Å². The zero-order valence-corrected chi connectivity index (χ0v) is 31.8. The van der Waals surface area contributed by atoms with Crippen molar-refractivity contribution >= 4 is 51.6 Å². The van der Waals surface area contributed by atoms with Crippen LogP contribution in [0.2, 0.25) is 5.02 Å². The highest BCUT2D eigenvalue weighted by Gasteiger charge is 2.56. The topological polar surface area (TPSA) is 108 Å². The van der Waals surface area contributed by atoms with Gasteiger partial charge < -0.3 is 20.1 Å². The number of benzene rings is 1. The van der Waals surface area contributed by atoms with Gasteiger partial charge in [0.25, 0.3) is 5.91 Å². The Morgan fingerprint density at radius 1 is 1.07 bits per heavy atom. The minimum absolute atomic E-state index is 0.0238. The summed E-state index contributed by atoms with van der Waals surface area (Å²) >= 11 is 6.13. The summed E-state index contributed by atoms with van der Waals surface area (Å²) < 4.78 is 46.4. The number of piperidine rings is 1. The smallest absolute Gasteiger partial charge is 0.253 e. The molecule has 2 N–H and O–H groups in total. The van der Waals surface area contributed by atoms with E-state index in [-0.39, 0.29) is 40.6 Å². The predicted molar refractivity (Wildman–Crippen MR) is 201 cm³/mol. The molecule has 54 heavy (non-hydrogen) atoms. The molecule has 3 saturated carbocycles. The lowest BCUT2D eigenvalue weighted by Gasteiger charge is -2.55. The minimum atomic E-state index is -1.42. The van der Waals surface area contributed by atoms with Gasteiger partial charge in [-0.2, -0.15) is 0 Å². The molecule has 2 aliphatic heterocycles. The zero-order chi connectivity index (χ0) is 38.1. The molecule has 14 heteroatoms. The zero-order valence-electron chi connectivity index (χ0n) is 31.1. The highest BCUT2D eigenvalue weighted by atomic mass is 35.5. The van der Waals surface area contributed by atoms with E-state index in [1.807, 2.05) is 43.2 Å². The lowest BCUT2D eigenvalue weighted by Crippen LogP contribution is -2.64. The van der Waals surface area contributed by atoms with E-state index in [9.17, 15) is 14.0 Å². The van der Waals surface area contributed by atoms with Gasteiger partial charge >= 0.3 is 0 Å². The van der Waals surface area contributed by atoms with E-state index in [1.165, 1.54) is 12.8 Å². The Hall–Kier alpha value is -4.23. The van der Waals surface area contributed by atoms with Crippen LogP contribution in [0.1, 0.15) is 95.2 Å². The SMILES string of the molecule is CC(C)n1cnc2cc(-c3cnc4c(c3)N(C3CC(C)(N5CCC6CC6C5)C3)C(=O)C4(C)C)nc(Nc3cc(C(=O)NC4(CF)CC4)c(Cl)c(F)c3F)c21. The Labute approximate surface area is 316 Å². The first kappa shape index (κ1) is 35.5. The van der Waals surface area contributed by atoms with Gasteiger partial charge in [-0.1, -0.05) is 11.6 Å². The number of pyridine rings is 2. The summed E-state index contributed by atoms with van der Waals surface area (Å²) in [6.45, 7) is 11.6. The van der Waals surface area contributed by atoms with Gasteiger partial charge in [0.1, 0.15) is 12.2 Å². The van der Waals surface area contributed by atoms with Gasteiger partial charge in [0.2, 0.25) is 5.91 Å². The van der Waals surface area contributed by atoms with Crippen LogP contribution in [-0.2, 0) is 10.2 Å². The van der Waals surface area contributed by atoms with E-state index in [0.717, 1.165) is 49.5 Å². The molecule has 0 bridgehead atoms. The Bertz CT molecular complexity index is 2250. The summed E-state index contributed by atoms with van der Waals surface area (Å²) in [5, 5.41) is 4.82. The molecule has 3 aliphatic carbocycles. The van der Waals surface area contributed by atoms with Gasteiger partial charge in [0.05, 0.1) is 56.1 Å². The molecule has 2 unspecified atom stereocenters. The first-order valence-corrected chi connectivity index (χ1v) is 19.3. The van der Waals surface area contributed by atoms with Crippen molar-refractivity contribution in [2.75, 3.05) is 30.0 Å². The Kier molecular flexibility index (Phi) is 7.97. The Balaban J connectivity index is 1.08. The number of hydrogen-bond donors (Lipinski definition) is 2. The van der Waals surface area contributed by atoms with Crippen molar-refractivity contribution in [3.8, 4) is 11.3 Å². The van der Waals surface area contributed by atoms with Crippen LogP contribution in [0.5, 0.6) is 0 Å². The van der Waals surface area contributed by atoms with Crippen LogP contribution in [0.4, 0.5) is 30.4 Å². The number of carbonyl (C=O) groups is 2. The Morgan fingerprint density at radius 3 is 2.52 bits per heavy atom. The molecule has 0 radical (unpaired) electrons. The molecule has 10 nitrogen and oxygen atoms in total. The molecular formula is C40H44ClF3N8O2. The molecule has 3 aromatic heterocycles. The molecule has 4 aromatic rings. The third-order valence-electron chi connectivity index (χ3n) is 12.8. The van der Waals surface area contributed by atoms with Gasteiger partial charge in [-0.3, -0.25) is 19.5 Å². The lowest BCUT2D eigenvalue weighted by atomic mass is 9.71. The summed E-state index contributed by atoms with van der Waals surface area (Å²) in [7, 11) is 0. The van der Waals surface area contributed by atoms with Crippen molar-refractivity contribution in [1.82, 2.24) is 29.7 Å². The van der Waals surface area contributed by atoms with Crippen LogP contribution < -0.4 is 15.5 Å². The molecule has 5 heterocycles. The maximum atomic E-state index is 15.6. The number of halogens is 4. The first-order chi connectivity index (χ1) is 25.6. The van der Waals surface area contributed by atoms with Crippen LogP contribution in [0, 0.1) is 23.5 Å². The number of aromatic nitrogens is 4. The van der Waals surface area contributed by atoms with Gasteiger partial charge in [-0.05, 0) is 110 Å². The number of amides is 2. The number of likely N-dealkylation sites (tertiary alicyclic amines) is 1. The maximum absolute atomic E-state index is 15.6. The van der Waals surface area contributed by atoms with E-state index in [0.29, 0.717) is 40.8 Å². The number of hydrogen-bond acceptors (Lipinski definition) is 7. The molecular weight excluding hydrogens is 717 g/mol. The highest BCUT2D eigenvalue weighted by Crippen LogP contribution is 2.53. The molecule has 2 atom stereocenters. The van der Waals surface area contributed by atoms with Crippen molar-refractivity contribution in [2.45, 2.75) is 102 Å². The third kappa shape index (κ3) is 5.51. The summed E-state index contributed by atoms with van der Waals surface area (Å²) in [5.74, 6) is -1.61. The van der Waals surface area contributed by atoms with E-state index in [1.54, 1.807) is 18.6 Å². The number of anilines is 3. The van der Waals surface area contributed by atoms with Crippen molar-refractivity contribution in [3.05, 3.63) is 58.6 Å². The molecule has 4 fully saturated rings. The molecule has 1 saturated heterocycles. The number of rotatable bonds is 9. The fraction of sp³-hybridized carbons (Fsp3) is 0.525. The fourth-order valence-corrected chi connectivity index (χ4v) is 9.25. The second-order valence-electron chi connectivity index (χ2n) is 17.3. The summed E-state index contributed by atoms with van der Waals surface area (Å²) in [6.07, 6.45) is 8.60. The predicted octanol–water partition coefficient (Wildman–Crippen LogP) is 7.87. The number of alkyl halides is 1. The van der Waals surface area contributed by atoms with Crippen LogP contribution in [-0.4, -0.2) is 73.1 Å². The van der Waals surface area contributed by atoms with Crippen molar-refractivity contribution in [3.63, 3.8) is 0 Å². The van der Waals surface area contributed by atoms with Crippen LogP contribution in [0.15, 0.2) is 30.7 Å². The normalized spacial score (nSPS) is 26.4. The largest absolute Gasteiger partial charge is 0.344 e. The highest BCUT2D eigenvalue weighted by molar-refractivity contribution is 6.34. The van der Waals surface area contributed by atoms with Crippen LogP contribution >= 0.6 is 11.6 Å². The Morgan fingerprint density at radius 2 is 1.83 bits per heavy atom. The van der Waals surface area contributed by atoms with E-state index in [2.05, 4.69) is 27.4 Å². The van der Waals surface area contributed by atoms with Crippen molar-refractivity contribution < 1.29 is 22.8 Å². The van der Waals surface area contributed by atoms with Gasteiger partial charge in [0.15, 0.2) is 17.5 Å². The second-order valence-corrected chi connectivity index (χ2v) is 17.7. The van der Waals surface area contributed by atoms with Crippen LogP contribution in [0.3, 0.4) is 0 Å². The molecule has 1 aromatic carbocycles. The number of nitrogens with zero attached hydrogens (tertiary/aromatic N) is 6. The molecule has 5 aliphatic rings. The van der Waals surface area contributed by atoms with E-state index >= 15 is 8.78 Å². The second kappa shape index (κ2) is 12.1. The van der Waals surface area contributed by atoms with Gasteiger partial charge in [-0.25, -0.2) is 23.1 Å². The molecule has 2 amide bonds. The molecule has 0 spiro atoms. The van der Waals surface area contributed by atoms with Crippen molar-refractivity contribution in [1.29, 1.82) is 0 Å². The van der Waals surface area contributed by atoms with E-state index < -0.39 is 40.2 Å². The molecule has 9 rings (SSSR count). The number of carbonyl (C=O) groups excluding carboxylic acids is 2. The van der Waals surface area contributed by atoms with Crippen LogP contribution in [0.25, 0.3) is 22.3 Å². The van der Waals surface area contributed by atoms with Crippen molar-refractivity contribution in [2.24, 2.45) is 11.8 Å². The quantitative estimate of drug-likeness (QED) is 0.167. The summed E-state index contributed by atoms with van der Waals surface area (Å²) in [5.41, 5.74) is 1.11. The number of fused-ring (bicyclic) bond motifs is 3. The molecule has 284 valence electrons. The monoisotopic (exact) mass is 760 g/mol.